The van der Waals surface area contributed by atoms with E-state index in [1.807, 2.05) is 6.07 Å². The van der Waals surface area contributed by atoms with E-state index in [2.05, 4.69) is 15.2 Å². The SMILES string of the molecule is O=C1CCC(N2Cc3nc(N4CCC(CO)CC4)ccc3C2=O)C(=O)N1. The number of carbonyl (C=O) groups is 3. The van der Waals surface area contributed by atoms with Crippen molar-refractivity contribution in [3.8, 4) is 0 Å². The zero-order valence-corrected chi connectivity index (χ0v) is 14.5. The molecule has 1 aromatic heterocycles. The zero-order chi connectivity index (χ0) is 18.3. The summed E-state index contributed by atoms with van der Waals surface area (Å²) < 4.78 is 0. The molecule has 2 saturated heterocycles. The summed E-state index contributed by atoms with van der Waals surface area (Å²) in [5.41, 5.74) is 1.21. The highest BCUT2D eigenvalue weighted by molar-refractivity contribution is 6.05. The molecule has 1 atom stereocenters. The maximum atomic E-state index is 12.7. The number of rotatable bonds is 3. The van der Waals surface area contributed by atoms with E-state index in [9.17, 15) is 19.5 Å². The number of pyridine rings is 1. The minimum Gasteiger partial charge on any atom is -0.396 e. The fraction of sp³-hybridized carbons (Fsp3) is 0.556. The van der Waals surface area contributed by atoms with Gasteiger partial charge in [0.25, 0.3) is 5.91 Å². The first-order valence-electron chi connectivity index (χ1n) is 9.07. The molecule has 26 heavy (non-hydrogen) atoms. The Bertz CT molecular complexity index is 758. The summed E-state index contributed by atoms with van der Waals surface area (Å²) in [6.45, 7) is 2.19. The third-order valence-electron chi connectivity index (χ3n) is 5.55. The zero-order valence-electron chi connectivity index (χ0n) is 14.5. The summed E-state index contributed by atoms with van der Waals surface area (Å²) in [4.78, 5) is 44.4. The molecule has 0 saturated carbocycles. The second-order valence-electron chi connectivity index (χ2n) is 7.18. The number of hydrogen-bond acceptors (Lipinski definition) is 6. The lowest BCUT2D eigenvalue weighted by atomic mass is 9.98. The van der Waals surface area contributed by atoms with Gasteiger partial charge >= 0.3 is 0 Å². The van der Waals surface area contributed by atoms with Crippen LogP contribution in [0.1, 0.15) is 41.7 Å². The van der Waals surface area contributed by atoms with Crippen LogP contribution in [0.3, 0.4) is 0 Å². The van der Waals surface area contributed by atoms with Crippen molar-refractivity contribution < 1.29 is 19.5 Å². The van der Waals surface area contributed by atoms with Gasteiger partial charge in [-0.1, -0.05) is 0 Å². The minimum atomic E-state index is -0.613. The monoisotopic (exact) mass is 358 g/mol. The summed E-state index contributed by atoms with van der Waals surface area (Å²) in [5, 5.41) is 11.6. The molecular weight excluding hydrogens is 336 g/mol. The van der Waals surface area contributed by atoms with Gasteiger partial charge in [-0.3, -0.25) is 19.7 Å². The van der Waals surface area contributed by atoms with E-state index in [4.69, 9.17) is 0 Å². The van der Waals surface area contributed by atoms with Gasteiger partial charge in [-0.05, 0) is 37.3 Å². The number of piperidine rings is 2. The first-order valence-corrected chi connectivity index (χ1v) is 9.07. The standard InChI is InChI=1S/C18H22N4O4/c23-10-11-5-7-21(8-6-11)15-3-1-12-13(19-15)9-22(18(12)26)14-2-4-16(24)20-17(14)25/h1,3,11,14,23H,2,4-10H2,(H,20,24,25). The van der Waals surface area contributed by atoms with E-state index in [-0.39, 0.29) is 24.8 Å². The molecule has 2 N–H and O–H groups in total. The first-order chi connectivity index (χ1) is 12.6. The van der Waals surface area contributed by atoms with E-state index in [0.717, 1.165) is 31.7 Å². The van der Waals surface area contributed by atoms with Gasteiger partial charge in [0, 0.05) is 26.1 Å². The summed E-state index contributed by atoms with van der Waals surface area (Å²) >= 11 is 0. The van der Waals surface area contributed by atoms with Gasteiger partial charge in [0.15, 0.2) is 0 Å². The number of nitrogens with one attached hydrogen (secondary N) is 1. The number of fused-ring (bicyclic) bond motifs is 1. The van der Waals surface area contributed by atoms with Crippen molar-refractivity contribution in [2.75, 3.05) is 24.6 Å². The Balaban J connectivity index is 1.50. The van der Waals surface area contributed by atoms with E-state index in [1.165, 1.54) is 4.90 Å². The van der Waals surface area contributed by atoms with E-state index in [1.54, 1.807) is 6.07 Å². The van der Waals surface area contributed by atoms with Crippen molar-refractivity contribution in [1.82, 2.24) is 15.2 Å². The fourth-order valence-corrected chi connectivity index (χ4v) is 3.94. The fourth-order valence-electron chi connectivity index (χ4n) is 3.94. The lowest BCUT2D eigenvalue weighted by Crippen LogP contribution is -2.52. The maximum absolute atomic E-state index is 12.7. The molecule has 1 aromatic rings. The van der Waals surface area contributed by atoms with Gasteiger partial charge in [0.05, 0.1) is 17.8 Å². The van der Waals surface area contributed by atoms with Gasteiger partial charge < -0.3 is 14.9 Å². The van der Waals surface area contributed by atoms with Gasteiger partial charge in [-0.2, -0.15) is 0 Å². The number of aromatic nitrogens is 1. The number of nitrogens with zero attached hydrogens (tertiary/aromatic N) is 3. The molecule has 1 unspecified atom stereocenters. The molecule has 3 aliphatic heterocycles. The predicted octanol–water partition coefficient (Wildman–Crippen LogP) is 0.0513. The second kappa shape index (κ2) is 6.68. The molecular formula is C18H22N4O4. The van der Waals surface area contributed by atoms with Crippen LogP contribution < -0.4 is 10.2 Å². The van der Waals surface area contributed by atoms with E-state index >= 15 is 0 Å². The number of anilines is 1. The van der Waals surface area contributed by atoms with Crippen molar-refractivity contribution >= 4 is 23.5 Å². The molecule has 0 spiro atoms. The molecule has 0 bridgehead atoms. The Morgan fingerprint density at radius 2 is 1.92 bits per heavy atom. The molecule has 8 nitrogen and oxygen atoms in total. The van der Waals surface area contributed by atoms with Crippen molar-refractivity contribution in [3.05, 3.63) is 23.4 Å². The van der Waals surface area contributed by atoms with Crippen LogP contribution in [0.5, 0.6) is 0 Å². The average molecular weight is 358 g/mol. The quantitative estimate of drug-likeness (QED) is 0.740. The van der Waals surface area contributed by atoms with Gasteiger partial charge in [-0.25, -0.2) is 4.98 Å². The molecule has 0 aliphatic carbocycles. The van der Waals surface area contributed by atoms with Crippen LogP contribution in [0.4, 0.5) is 5.82 Å². The highest BCUT2D eigenvalue weighted by Crippen LogP contribution is 2.29. The number of imide groups is 1. The van der Waals surface area contributed by atoms with Gasteiger partial charge in [0.1, 0.15) is 11.9 Å². The number of aliphatic hydroxyl groups is 1. The highest BCUT2D eigenvalue weighted by atomic mass is 16.3. The Kier molecular flexibility index (Phi) is 4.36. The Labute approximate surface area is 151 Å². The van der Waals surface area contributed by atoms with Crippen LogP contribution in [0.2, 0.25) is 0 Å². The van der Waals surface area contributed by atoms with Crippen LogP contribution in [-0.4, -0.2) is 58.5 Å². The molecule has 2 fully saturated rings. The van der Waals surface area contributed by atoms with Crippen LogP contribution in [0.25, 0.3) is 0 Å². The normalized spacial score (nSPS) is 24.0. The Morgan fingerprint density at radius 1 is 1.15 bits per heavy atom. The third kappa shape index (κ3) is 2.94. The molecule has 4 rings (SSSR count). The average Bonchev–Trinajstić information content (AvgIpc) is 2.98. The largest absolute Gasteiger partial charge is 0.396 e. The highest BCUT2D eigenvalue weighted by Gasteiger charge is 2.40. The van der Waals surface area contributed by atoms with Crippen molar-refractivity contribution in [2.45, 2.75) is 38.3 Å². The van der Waals surface area contributed by atoms with Crippen LogP contribution in [0, 0.1) is 5.92 Å². The van der Waals surface area contributed by atoms with Gasteiger partial charge in [0.2, 0.25) is 11.8 Å². The number of aliphatic hydroxyl groups excluding tert-OH is 1. The topological polar surface area (TPSA) is 103 Å². The lowest BCUT2D eigenvalue weighted by molar-refractivity contribution is -0.136. The third-order valence-corrected chi connectivity index (χ3v) is 5.55. The molecule has 3 amide bonds. The smallest absolute Gasteiger partial charge is 0.256 e. The van der Waals surface area contributed by atoms with Crippen LogP contribution in [0.15, 0.2) is 12.1 Å². The molecule has 0 radical (unpaired) electrons. The summed E-state index contributed by atoms with van der Waals surface area (Å²) in [6.07, 6.45) is 2.45. The number of hydrogen-bond donors (Lipinski definition) is 2. The molecule has 138 valence electrons. The summed E-state index contributed by atoms with van der Waals surface area (Å²) in [6, 6.07) is 3.02. The first kappa shape index (κ1) is 17.0. The van der Waals surface area contributed by atoms with Crippen molar-refractivity contribution in [2.24, 2.45) is 5.92 Å². The van der Waals surface area contributed by atoms with Crippen molar-refractivity contribution in [3.63, 3.8) is 0 Å². The van der Waals surface area contributed by atoms with Crippen molar-refractivity contribution in [1.29, 1.82) is 0 Å². The van der Waals surface area contributed by atoms with Crippen LogP contribution in [-0.2, 0) is 16.1 Å². The number of amides is 3. The minimum absolute atomic E-state index is 0.201. The Hall–Kier alpha value is -2.48. The summed E-state index contributed by atoms with van der Waals surface area (Å²) in [7, 11) is 0. The number of carbonyl (C=O) groups excluding carboxylic acids is 3. The van der Waals surface area contributed by atoms with E-state index < -0.39 is 11.9 Å². The Morgan fingerprint density at radius 3 is 2.62 bits per heavy atom. The molecule has 4 heterocycles. The molecule has 3 aliphatic rings. The van der Waals surface area contributed by atoms with Gasteiger partial charge in [-0.15, -0.1) is 0 Å². The second-order valence-corrected chi connectivity index (χ2v) is 7.18. The predicted molar refractivity (Wildman–Crippen MR) is 92.3 cm³/mol. The summed E-state index contributed by atoms with van der Waals surface area (Å²) in [5.74, 6) is 0.284. The lowest BCUT2D eigenvalue weighted by Gasteiger charge is -2.32. The van der Waals surface area contributed by atoms with Crippen LogP contribution >= 0.6 is 0 Å². The molecule has 8 heteroatoms. The molecule has 0 aromatic carbocycles. The van der Waals surface area contributed by atoms with E-state index in [0.29, 0.717) is 30.1 Å². The maximum Gasteiger partial charge on any atom is 0.256 e.